The summed E-state index contributed by atoms with van der Waals surface area (Å²) in [7, 11) is 3.11. The number of methoxy groups -OCH3 is 2. The van der Waals surface area contributed by atoms with Gasteiger partial charge in [-0.25, -0.2) is 4.98 Å². The Morgan fingerprint density at radius 2 is 1.68 bits per heavy atom. The van der Waals surface area contributed by atoms with Gasteiger partial charge in [-0.05, 0) is 47.7 Å². The summed E-state index contributed by atoms with van der Waals surface area (Å²) in [6.45, 7) is 1.58. The molecule has 4 aromatic rings. The Bertz CT molecular complexity index is 1470. The van der Waals surface area contributed by atoms with Crippen molar-refractivity contribution in [2.45, 2.75) is 32.4 Å². The van der Waals surface area contributed by atoms with Crippen molar-refractivity contribution in [3.05, 3.63) is 65.1 Å². The zero-order chi connectivity index (χ0) is 26.7. The number of pyridine rings is 2. The number of carbonyl (C=O) groups is 1. The molecule has 4 rings (SSSR count). The van der Waals surface area contributed by atoms with Crippen LogP contribution in [0.4, 0.5) is 13.2 Å². The Morgan fingerprint density at radius 3 is 2.30 bits per heavy atom. The van der Waals surface area contributed by atoms with Gasteiger partial charge in [0.25, 0.3) is 5.91 Å². The third-order valence-corrected chi connectivity index (χ3v) is 5.97. The SMILES string of the molecule is CCCc1ncc(Cc2ccc3c(C(F)(F)F)ccc(OCC(N)=O)c3n2)c2cc(OC)c(OC)cc12. The molecule has 37 heavy (non-hydrogen) atoms. The molecular formula is C27H26F3N3O4. The smallest absolute Gasteiger partial charge is 0.417 e. The minimum absolute atomic E-state index is 0.00677. The van der Waals surface area contributed by atoms with Gasteiger partial charge < -0.3 is 19.9 Å². The number of fused-ring (bicyclic) bond motifs is 2. The Balaban J connectivity index is 1.85. The minimum atomic E-state index is -4.59. The fourth-order valence-corrected chi connectivity index (χ4v) is 4.29. The van der Waals surface area contributed by atoms with E-state index in [0.29, 0.717) is 17.2 Å². The van der Waals surface area contributed by atoms with E-state index < -0.39 is 24.3 Å². The normalized spacial score (nSPS) is 11.6. The molecule has 2 aromatic carbocycles. The van der Waals surface area contributed by atoms with E-state index in [2.05, 4.69) is 16.9 Å². The molecule has 0 spiro atoms. The number of alkyl halides is 3. The molecule has 0 atom stereocenters. The number of hydrogen-bond acceptors (Lipinski definition) is 6. The van der Waals surface area contributed by atoms with Gasteiger partial charge in [0.1, 0.15) is 11.3 Å². The molecule has 0 radical (unpaired) electrons. The highest BCUT2D eigenvalue weighted by Crippen LogP contribution is 2.39. The number of benzene rings is 2. The number of hydrogen-bond donors (Lipinski definition) is 1. The van der Waals surface area contributed by atoms with Crippen LogP contribution in [0.25, 0.3) is 21.7 Å². The van der Waals surface area contributed by atoms with Crippen LogP contribution in [0.2, 0.25) is 0 Å². The van der Waals surface area contributed by atoms with E-state index in [9.17, 15) is 18.0 Å². The van der Waals surface area contributed by atoms with Gasteiger partial charge in [-0.1, -0.05) is 19.4 Å². The molecule has 194 valence electrons. The van der Waals surface area contributed by atoms with E-state index >= 15 is 0 Å². The second kappa shape index (κ2) is 10.5. The van der Waals surface area contributed by atoms with Crippen LogP contribution in [0, 0.1) is 0 Å². The largest absolute Gasteiger partial charge is 0.493 e. The van der Waals surface area contributed by atoms with Gasteiger partial charge in [0.2, 0.25) is 0 Å². The number of ether oxygens (including phenoxy) is 3. The summed E-state index contributed by atoms with van der Waals surface area (Å²) in [5.74, 6) is 0.411. The molecule has 0 bridgehead atoms. The lowest BCUT2D eigenvalue weighted by atomic mass is 9.98. The summed E-state index contributed by atoms with van der Waals surface area (Å²) in [4.78, 5) is 20.4. The number of aromatic nitrogens is 2. The first-order chi connectivity index (χ1) is 17.7. The van der Waals surface area contributed by atoms with Crippen molar-refractivity contribution in [1.29, 1.82) is 0 Å². The van der Waals surface area contributed by atoms with Crippen LogP contribution in [-0.4, -0.2) is 36.7 Å². The molecule has 0 saturated heterocycles. The second-order valence-electron chi connectivity index (χ2n) is 8.47. The molecule has 10 heteroatoms. The Hall–Kier alpha value is -4.08. The molecule has 0 aliphatic carbocycles. The number of nitrogens with zero attached hydrogens (tertiary/aromatic N) is 2. The standard InChI is InChI=1S/C27H26F3N3O4/c1-4-5-21-19-12-24(36-3)23(35-2)11-18(19)15(13-32-21)10-16-6-7-17-20(27(28,29)30)8-9-22(26(17)33-16)37-14-25(31)34/h6-9,11-13H,4-5,10,14H2,1-3H3,(H2,31,34). The first-order valence-corrected chi connectivity index (χ1v) is 11.6. The maximum atomic E-state index is 13.6. The molecule has 7 nitrogen and oxygen atoms in total. The number of nitrogens with two attached hydrogens (primary N) is 1. The summed E-state index contributed by atoms with van der Waals surface area (Å²) < 4.78 is 57.3. The number of amides is 1. The van der Waals surface area contributed by atoms with E-state index in [0.717, 1.165) is 47.0 Å². The first-order valence-electron chi connectivity index (χ1n) is 11.6. The predicted octanol–water partition coefficient (Wildman–Crippen LogP) is 5.23. The van der Waals surface area contributed by atoms with Gasteiger partial charge in [0, 0.05) is 34.8 Å². The molecule has 0 aliphatic heterocycles. The fourth-order valence-electron chi connectivity index (χ4n) is 4.29. The van der Waals surface area contributed by atoms with E-state index in [4.69, 9.17) is 19.9 Å². The summed E-state index contributed by atoms with van der Waals surface area (Å²) in [6, 6.07) is 8.72. The van der Waals surface area contributed by atoms with Crippen LogP contribution in [0.3, 0.4) is 0 Å². The van der Waals surface area contributed by atoms with Gasteiger partial charge in [0.05, 0.1) is 19.8 Å². The van der Waals surface area contributed by atoms with Crippen molar-refractivity contribution in [3.63, 3.8) is 0 Å². The molecule has 2 heterocycles. The third-order valence-electron chi connectivity index (χ3n) is 5.97. The summed E-state index contributed by atoms with van der Waals surface area (Å²) in [6.07, 6.45) is -0.887. The lowest BCUT2D eigenvalue weighted by Crippen LogP contribution is -2.20. The minimum Gasteiger partial charge on any atom is -0.493 e. The van der Waals surface area contributed by atoms with Gasteiger partial charge in [0.15, 0.2) is 18.1 Å². The average molecular weight is 514 g/mol. The van der Waals surface area contributed by atoms with Gasteiger partial charge >= 0.3 is 6.18 Å². The number of halogens is 3. The maximum absolute atomic E-state index is 13.6. The molecule has 0 aliphatic rings. The van der Waals surface area contributed by atoms with Crippen molar-refractivity contribution in [2.75, 3.05) is 20.8 Å². The third kappa shape index (κ3) is 5.37. The second-order valence-corrected chi connectivity index (χ2v) is 8.47. The topological polar surface area (TPSA) is 96.6 Å². The highest BCUT2D eigenvalue weighted by atomic mass is 19.4. The van der Waals surface area contributed by atoms with Crippen LogP contribution in [0.5, 0.6) is 17.2 Å². The lowest BCUT2D eigenvalue weighted by Gasteiger charge is -2.16. The van der Waals surface area contributed by atoms with E-state index in [1.54, 1.807) is 26.5 Å². The zero-order valence-corrected chi connectivity index (χ0v) is 20.6. The highest BCUT2D eigenvalue weighted by molar-refractivity contribution is 5.91. The van der Waals surface area contributed by atoms with Gasteiger partial charge in [-0.2, -0.15) is 13.2 Å². The zero-order valence-electron chi connectivity index (χ0n) is 20.6. The number of primary amides is 1. The average Bonchev–Trinajstić information content (AvgIpc) is 2.87. The lowest BCUT2D eigenvalue weighted by molar-refractivity contribution is -0.136. The van der Waals surface area contributed by atoms with Crippen molar-refractivity contribution >= 4 is 27.6 Å². The van der Waals surface area contributed by atoms with Crippen molar-refractivity contribution in [1.82, 2.24) is 9.97 Å². The van der Waals surface area contributed by atoms with Crippen molar-refractivity contribution < 1.29 is 32.2 Å². The molecule has 0 unspecified atom stereocenters. The van der Waals surface area contributed by atoms with E-state index in [1.807, 2.05) is 12.1 Å². The predicted molar refractivity (Wildman–Crippen MR) is 133 cm³/mol. The number of rotatable bonds is 9. The molecule has 2 aromatic heterocycles. The number of carbonyl (C=O) groups excluding carboxylic acids is 1. The van der Waals surface area contributed by atoms with Gasteiger partial charge in [-0.3, -0.25) is 9.78 Å². The van der Waals surface area contributed by atoms with Crippen LogP contribution < -0.4 is 19.9 Å². The quantitative estimate of drug-likeness (QED) is 0.329. The highest BCUT2D eigenvalue weighted by Gasteiger charge is 2.33. The summed E-state index contributed by atoms with van der Waals surface area (Å²) in [5, 5.41) is 1.65. The van der Waals surface area contributed by atoms with E-state index in [1.165, 1.54) is 6.07 Å². The molecule has 2 N–H and O–H groups in total. The van der Waals surface area contributed by atoms with Crippen LogP contribution in [0.1, 0.15) is 35.9 Å². The molecule has 1 amide bonds. The fraction of sp³-hybridized carbons (Fsp3) is 0.296. The maximum Gasteiger partial charge on any atom is 0.417 e. The summed E-state index contributed by atoms with van der Waals surface area (Å²) >= 11 is 0. The van der Waals surface area contributed by atoms with Crippen LogP contribution >= 0.6 is 0 Å². The Labute approximate surface area is 211 Å². The number of aryl methyl sites for hydroxylation is 1. The Morgan fingerprint density at radius 1 is 0.973 bits per heavy atom. The van der Waals surface area contributed by atoms with Crippen molar-refractivity contribution in [3.8, 4) is 17.2 Å². The van der Waals surface area contributed by atoms with Crippen LogP contribution in [-0.2, 0) is 23.8 Å². The monoisotopic (exact) mass is 513 g/mol. The van der Waals surface area contributed by atoms with Crippen LogP contribution in [0.15, 0.2) is 42.6 Å². The Kier molecular flexibility index (Phi) is 7.37. The molecular weight excluding hydrogens is 487 g/mol. The van der Waals surface area contributed by atoms with Crippen molar-refractivity contribution in [2.24, 2.45) is 5.73 Å². The molecule has 0 fully saturated rings. The molecule has 0 saturated carbocycles. The van der Waals surface area contributed by atoms with Gasteiger partial charge in [-0.15, -0.1) is 0 Å². The summed E-state index contributed by atoms with van der Waals surface area (Å²) in [5.41, 5.74) is 6.52. The first kappa shape index (κ1) is 26.0. The van der Waals surface area contributed by atoms with E-state index in [-0.39, 0.29) is 23.1 Å².